The Hall–Kier alpha value is -0.680. The Morgan fingerprint density at radius 2 is 2.47 bits per heavy atom. The molecule has 0 aromatic carbocycles. The van der Waals surface area contributed by atoms with E-state index in [1.54, 1.807) is 7.05 Å². The van der Waals surface area contributed by atoms with Gasteiger partial charge in [0.1, 0.15) is 0 Å². The van der Waals surface area contributed by atoms with Crippen molar-refractivity contribution >= 4 is 11.6 Å². The molecule has 1 aromatic heterocycles. The van der Waals surface area contributed by atoms with Crippen molar-refractivity contribution in [1.29, 1.82) is 0 Å². The smallest absolute Gasteiger partial charge is 0.175 e. The van der Waals surface area contributed by atoms with Crippen molar-refractivity contribution < 1.29 is 4.74 Å². The zero-order chi connectivity index (χ0) is 10.7. The number of hydrogen-bond donors (Lipinski definition) is 0. The third-order valence-corrected chi connectivity index (χ3v) is 3.34. The van der Waals surface area contributed by atoms with E-state index in [1.165, 1.54) is 4.80 Å². The molecule has 0 bridgehead atoms. The lowest BCUT2D eigenvalue weighted by Crippen LogP contribution is -2.36. The van der Waals surface area contributed by atoms with Crippen LogP contribution in [0, 0.1) is 5.41 Å². The highest BCUT2D eigenvalue weighted by Crippen LogP contribution is 2.32. The highest BCUT2D eigenvalue weighted by atomic mass is 35.5. The normalized spacial score (nSPS) is 26.8. The lowest BCUT2D eigenvalue weighted by molar-refractivity contribution is 0.00376. The molecule has 2 rings (SSSR count). The van der Waals surface area contributed by atoms with Crippen LogP contribution < -0.4 is 0 Å². The van der Waals surface area contributed by atoms with Crippen molar-refractivity contribution in [1.82, 2.24) is 20.2 Å². The molecule has 1 fully saturated rings. The quantitative estimate of drug-likeness (QED) is 0.721. The Labute approximate surface area is 93.7 Å². The van der Waals surface area contributed by atoms with E-state index in [0.29, 0.717) is 12.5 Å². The number of alkyl halides is 1. The zero-order valence-corrected chi connectivity index (χ0v) is 9.57. The lowest BCUT2D eigenvalue weighted by Gasteiger charge is -2.34. The third-order valence-electron chi connectivity index (χ3n) is 2.77. The Kier molecular flexibility index (Phi) is 3.21. The second kappa shape index (κ2) is 4.45. The second-order valence-electron chi connectivity index (χ2n) is 4.16. The number of tetrazole rings is 1. The van der Waals surface area contributed by atoms with Gasteiger partial charge >= 0.3 is 0 Å². The van der Waals surface area contributed by atoms with Crippen LogP contribution in [0.1, 0.15) is 18.7 Å². The second-order valence-corrected chi connectivity index (χ2v) is 4.43. The zero-order valence-electron chi connectivity index (χ0n) is 8.82. The van der Waals surface area contributed by atoms with Gasteiger partial charge in [-0.05, 0) is 18.1 Å². The Morgan fingerprint density at radius 1 is 1.60 bits per heavy atom. The lowest BCUT2D eigenvalue weighted by atomic mass is 9.81. The molecule has 0 saturated carbocycles. The first-order valence-electron chi connectivity index (χ1n) is 5.11. The van der Waals surface area contributed by atoms with E-state index in [0.717, 1.165) is 31.7 Å². The Bertz CT molecular complexity index is 322. The van der Waals surface area contributed by atoms with Gasteiger partial charge in [0.25, 0.3) is 0 Å². The minimum Gasteiger partial charge on any atom is -0.381 e. The van der Waals surface area contributed by atoms with Crippen LogP contribution in [0.5, 0.6) is 0 Å². The molecule has 0 N–H and O–H groups in total. The van der Waals surface area contributed by atoms with E-state index in [9.17, 15) is 0 Å². The van der Waals surface area contributed by atoms with Crippen LogP contribution in [0.2, 0.25) is 0 Å². The molecule has 84 valence electrons. The Balaban J connectivity index is 2.06. The van der Waals surface area contributed by atoms with Gasteiger partial charge in [-0.15, -0.1) is 21.8 Å². The average Bonchev–Trinajstić information content (AvgIpc) is 2.65. The molecule has 2 heterocycles. The van der Waals surface area contributed by atoms with E-state index in [4.69, 9.17) is 16.3 Å². The van der Waals surface area contributed by atoms with Gasteiger partial charge in [-0.2, -0.15) is 4.80 Å². The molecule has 1 aromatic rings. The number of aromatic nitrogens is 4. The minimum absolute atomic E-state index is 0.00282. The molecule has 1 aliphatic heterocycles. The van der Waals surface area contributed by atoms with Gasteiger partial charge in [-0.1, -0.05) is 0 Å². The molecule has 1 unspecified atom stereocenters. The minimum atomic E-state index is 0.00282. The molecule has 1 saturated heterocycles. The fourth-order valence-corrected chi connectivity index (χ4v) is 2.24. The summed E-state index contributed by atoms with van der Waals surface area (Å²) >= 11 is 6.03. The molecular weight excluding hydrogens is 216 g/mol. The number of nitrogens with zero attached hydrogens (tertiary/aromatic N) is 4. The summed E-state index contributed by atoms with van der Waals surface area (Å²) in [6.07, 6.45) is 2.89. The number of rotatable bonds is 3. The largest absolute Gasteiger partial charge is 0.381 e. The van der Waals surface area contributed by atoms with Gasteiger partial charge in [0, 0.05) is 24.3 Å². The maximum absolute atomic E-state index is 6.03. The molecule has 6 heteroatoms. The van der Waals surface area contributed by atoms with E-state index in [1.807, 2.05) is 0 Å². The van der Waals surface area contributed by atoms with Gasteiger partial charge in [0.15, 0.2) is 5.82 Å². The molecule has 15 heavy (non-hydrogen) atoms. The van der Waals surface area contributed by atoms with Gasteiger partial charge < -0.3 is 4.74 Å². The summed E-state index contributed by atoms with van der Waals surface area (Å²) in [5.74, 6) is 1.34. The van der Waals surface area contributed by atoms with Crippen molar-refractivity contribution in [3.8, 4) is 0 Å². The summed E-state index contributed by atoms with van der Waals surface area (Å²) in [5.41, 5.74) is 0.00282. The standard InChI is InChI=1S/C9H15ClN4O/c1-14-12-8(11-13-14)5-9(6-10)3-2-4-15-7-9/h2-7H2,1H3. The van der Waals surface area contributed by atoms with Crippen LogP contribution in [-0.4, -0.2) is 39.3 Å². The highest BCUT2D eigenvalue weighted by molar-refractivity contribution is 6.18. The molecular formula is C9H15ClN4O. The predicted octanol–water partition coefficient (Wildman–Crippen LogP) is 0.788. The predicted molar refractivity (Wildman–Crippen MR) is 55.7 cm³/mol. The van der Waals surface area contributed by atoms with Crippen LogP contribution >= 0.6 is 11.6 Å². The van der Waals surface area contributed by atoms with E-state index in [-0.39, 0.29) is 5.41 Å². The number of ether oxygens (including phenoxy) is 1. The van der Waals surface area contributed by atoms with Gasteiger partial charge in [0.2, 0.25) is 0 Å². The van der Waals surface area contributed by atoms with Gasteiger partial charge in [-0.3, -0.25) is 0 Å². The van der Waals surface area contributed by atoms with Crippen LogP contribution in [0.3, 0.4) is 0 Å². The fourth-order valence-electron chi connectivity index (χ4n) is 1.93. The number of halogens is 1. The van der Waals surface area contributed by atoms with Crippen molar-refractivity contribution in [2.45, 2.75) is 19.3 Å². The van der Waals surface area contributed by atoms with E-state index in [2.05, 4.69) is 15.4 Å². The summed E-state index contributed by atoms with van der Waals surface area (Å²) in [5, 5.41) is 12.0. The summed E-state index contributed by atoms with van der Waals surface area (Å²) in [6.45, 7) is 1.54. The summed E-state index contributed by atoms with van der Waals surface area (Å²) in [7, 11) is 1.77. The monoisotopic (exact) mass is 230 g/mol. The average molecular weight is 231 g/mol. The van der Waals surface area contributed by atoms with Gasteiger partial charge in [-0.25, -0.2) is 0 Å². The molecule has 0 amide bonds. The topological polar surface area (TPSA) is 52.8 Å². The Morgan fingerprint density at radius 3 is 3.00 bits per heavy atom. The highest BCUT2D eigenvalue weighted by Gasteiger charge is 2.33. The molecule has 0 aliphatic carbocycles. The van der Waals surface area contributed by atoms with Gasteiger partial charge in [0.05, 0.1) is 13.7 Å². The van der Waals surface area contributed by atoms with E-state index >= 15 is 0 Å². The maximum atomic E-state index is 6.03. The van der Waals surface area contributed by atoms with Crippen molar-refractivity contribution in [2.75, 3.05) is 19.1 Å². The summed E-state index contributed by atoms with van der Waals surface area (Å²) < 4.78 is 5.49. The molecule has 5 nitrogen and oxygen atoms in total. The first-order chi connectivity index (χ1) is 7.24. The first-order valence-corrected chi connectivity index (χ1v) is 5.64. The third kappa shape index (κ3) is 2.46. The van der Waals surface area contributed by atoms with Crippen LogP contribution in [0.4, 0.5) is 0 Å². The summed E-state index contributed by atoms with van der Waals surface area (Å²) in [6, 6.07) is 0. The van der Waals surface area contributed by atoms with Crippen molar-refractivity contribution in [2.24, 2.45) is 12.5 Å². The molecule has 1 aliphatic rings. The number of hydrogen-bond acceptors (Lipinski definition) is 4. The molecule has 0 radical (unpaired) electrons. The van der Waals surface area contributed by atoms with E-state index < -0.39 is 0 Å². The fraction of sp³-hybridized carbons (Fsp3) is 0.889. The maximum Gasteiger partial charge on any atom is 0.175 e. The van der Waals surface area contributed by atoms with Crippen LogP contribution in [-0.2, 0) is 18.2 Å². The molecule has 0 spiro atoms. The summed E-state index contributed by atoms with van der Waals surface area (Å²) in [4.78, 5) is 1.47. The van der Waals surface area contributed by atoms with Crippen molar-refractivity contribution in [3.05, 3.63) is 5.82 Å². The number of aryl methyl sites for hydroxylation is 1. The van der Waals surface area contributed by atoms with Crippen molar-refractivity contribution in [3.63, 3.8) is 0 Å². The van der Waals surface area contributed by atoms with Crippen LogP contribution in [0.25, 0.3) is 0 Å². The SMILES string of the molecule is Cn1nnc(CC2(CCl)CCCOC2)n1. The first kappa shape index (κ1) is 10.8. The molecule has 1 atom stereocenters. The van der Waals surface area contributed by atoms with Crippen LogP contribution in [0.15, 0.2) is 0 Å².